The lowest BCUT2D eigenvalue weighted by atomic mass is 10.1. The minimum absolute atomic E-state index is 0.209. The van der Waals surface area contributed by atoms with Gasteiger partial charge in [-0.05, 0) is 43.9 Å². The molecule has 1 aromatic carbocycles. The van der Waals surface area contributed by atoms with Crippen LogP contribution in [0.25, 0.3) is 10.9 Å². The van der Waals surface area contributed by atoms with Crippen LogP contribution in [0.3, 0.4) is 0 Å². The van der Waals surface area contributed by atoms with Crippen molar-refractivity contribution >= 4 is 34.6 Å². The highest BCUT2D eigenvalue weighted by atomic mass is 16.4. The zero-order valence-electron chi connectivity index (χ0n) is 18.8. The van der Waals surface area contributed by atoms with Gasteiger partial charge in [-0.15, -0.1) is 0 Å². The zero-order valence-corrected chi connectivity index (χ0v) is 18.8. The first-order chi connectivity index (χ1) is 16.3. The number of carboxylic acid groups (broad SMARTS) is 1. The van der Waals surface area contributed by atoms with Gasteiger partial charge in [0.05, 0.1) is 19.2 Å². The third-order valence-electron chi connectivity index (χ3n) is 5.27. The lowest BCUT2D eigenvalue weighted by Crippen LogP contribution is -2.54. The Hall–Kier alpha value is -3.48. The van der Waals surface area contributed by atoms with Gasteiger partial charge >= 0.3 is 5.97 Å². The number of aliphatic hydroxyl groups excluding tert-OH is 1. The predicted molar refractivity (Wildman–Crippen MR) is 124 cm³/mol. The second-order valence-corrected chi connectivity index (χ2v) is 7.87. The first-order valence-corrected chi connectivity index (χ1v) is 11.0. The Morgan fingerprint density at radius 2 is 1.76 bits per heavy atom. The van der Waals surface area contributed by atoms with Crippen molar-refractivity contribution in [2.75, 3.05) is 19.7 Å². The first kappa shape index (κ1) is 26.8. The largest absolute Gasteiger partial charge is 0.480 e. The molecule has 12 heteroatoms. The molecule has 3 amide bonds. The van der Waals surface area contributed by atoms with E-state index in [0.29, 0.717) is 19.4 Å². The highest BCUT2D eigenvalue weighted by molar-refractivity contribution is 5.93. The van der Waals surface area contributed by atoms with E-state index < -0.39 is 55.0 Å². The summed E-state index contributed by atoms with van der Waals surface area (Å²) in [6.07, 6.45) is 3.36. The van der Waals surface area contributed by atoms with Gasteiger partial charge in [-0.3, -0.25) is 14.4 Å². The van der Waals surface area contributed by atoms with Crippen LogP contribution in [0.2, 0.25) is 0 Å². The van der Waals surface area contributed by atoms with E-state index in [4.69, 9.17) is 21.7 Å². The molecule has 10 N–H and O–H groups in total. The van der Waals surface area contributed by atoms with E-state index >= 15 is 0 Å². The molecule has 0 aliphatic rings. The predicted octanol–water partition coefficient (Wildman–Crippen LogP) is -1.67. The number of unbranched alkanes of at least 4 members (excludes halogenated alkanes) is 1. The normalized spacial score (nSPS) is 13.6. The van der Waals surface area contributed by atoms with Crippen molar-refractivity contribution in [3.63, 3.8) is 0 Å². The van der Waals surface area contributed by atoms with Crippen LogP contribution in [0.4, 0.5) is 0 Å². The zero-order chi connectivity index (χ0) is 25.1. The molecule has 1 heterocycles. The maximum Gasteiger partial charge on any atom is 0.328 e. The van der Waals surface area contributed by atoms with Crippen LogP contribution in [0.1, 0.15) is 24.8 Å². The van der Waals surface area contributed by atoms with Crippen molar-refractivity contribution in [1.82, 2.24) is 20.9 Å². The number of aromatic amines is 1. The number of H-pyrrole nitrogens is 1. The summed E-state index contributed by atoms with van der Waals surface area (Å²) in [6, 6.07) is 4.16. The van der Waals surface area contributed by atoms with E-state index in [1.165, 1.54) is 0 Å². The number of rotatable bonds is 14. The summed E-state index contributed by atoms with van der Waals surface area (Å²) in [5, 5.41) is 26.2. The smallest absolute Gasteiger partial charge is 0.328 e. The summed E-state index contributed by atoms with van der Waals surface area (Å²) in [5.41, 5.74) is 13.3. The van der Waals surface area contributed by atoms with Crippen LogP contribution in [0.5, 0.6) is 0 Å². The SMILES string of the molecule is NCCCCC(NC(=O)CNC(=O)C(N)Cc1c[nH]c2ccccc12)C(=O)NC(CO)C(=O)O. The van der Waals surface area contributed by atoms with E-state index in [1.807, 2.05) is 24.3 Å². The molecule has 2 aromatic rings. The minimum atomic E-state index is -1.50. The number of para-hydroxylation sites is 1. The lowest BCUT2D eigenvalue weighted by molar-refractivity contribution is -0.143. The third kappa shape index (κ3) is 7.83. The second-order valence-electron chi connectivity index (χ2n) is 7.87. The van der Waals surface area contributed by atoms with E-state index in [2.05, 4.69) is 20.9 Å². The summed E-state index contributed by atoms with van der Waals surface area (Å²) in [7, 11) is 0. The number of amides is 3. The number of nitrogens with one attached hydrogen (secondary N) is 4. The average Bonchev–Trinajstić information content (AvgIpc) is 3.22. The molecule has 3 atom stereocenters. The van der Waals surface area contributed by atoms with Crippen molar-refractivity contribution < 1.29 is 29.4 Å². The number of aliphatic carboxylic acids is 1. The number of nitrogens with two attached hydrogens (primary N) is 2. The van der Waals surface area contributed by atoms with Gasteiger partial charge in [0.1, 0.15) is 12.1 Å². The number of hydrogen-bond acceptors (Lipinski definition) is 7. The number of aliphatic hydroxyl groups is 1. The van der Waals surface area contributed by atoms with Crippen LogP contribution in [0, 0.1) is 0 Å². The fourth-order valence-electron chi connectivity index (χ4n) is 3.39. The number of carbonyl (C=O) groups excluding carboxylic acids is 3. The van der Waals surface area contributed by atoms with Crippen molar-refractivity contribution in [1.29, 1.82) is 0 Å². The van der Waals surface area contributed by atoms with Crippen molar-refractivity contribution in [2.45, 2.75) is 43.8 Å². The molecule has 186 valence electrons. The van der Waals surface area contributed by atoms with Gasteiger partial charge in [-0.2, -0.15) is 0 Å². The quantitative estimate of drug-likeness (QED) is 0.147. The number of benzene rings is 1. The van der Waals surface area contributed by atoms with Gasteiger partial charge < -0.3 is 42.6 Å². The van der Waals surface area contributed by atoms with Gasteiger partial charge in [0.15, 0.2) is 0 Å². The molecule has 1 aromatic heterocycles. The fourth-order valence-corrected chi connectivity index (χ4v) is 3.39. The lowest BCUT2D eigenvalue weighted by Gasteiger charge is -2.21. The Balaban J connectivity index is 1.89. The Kier molecular flexibility index (Phi) is 10.5. The van der Waals surface area contributed by atoms with Crippen LogP contribution in [-0.4, -0.2) is 76.7 Å². The molecular formula is C22H32N6O6. The molecule has 0 aliphatic heterocycles. The molecule has 0 saturated heterocycles. The second kappa shape index (κ2) is 13.3. The van der Waals surface area contributed by atoms with E-state index in [1.54, 1.807) is 6.20 Å². The molecule has 0 fully saturated rings. The molecule has 0 aliphatic carbocycles. The monoisotopic (exact) mass is 476 g/mol. The molecular weight excluding hydrogens is 444 g/mol. The molecule has 0 spiro atoms. The average molecular weight is 477 g/mol. The standard InChI is InChI=1S/C22H32N6O6/c23-8-4-3-7-17(21(32)28-18(12-29)22(33)34)27-19(30)11-26-20(31)15(24)9-13-10-25-16-6-2-1-5-14(13)16/h1-2,5-6,10,15,17-18,25,29H,3-4,7-9,11-12,23-24H2,(H,26,31)(H,27,30)(H,28,32)(H,33,34). The fraction of sp³-hybridized carbons (Fsp3) is 0.455. The van der Waals surface area contributed by atoms with E-state index in [0.717, 1.165) is 16.5 Å². The number of fused-ring (bicyclic) bond motifs is 1. The van der Waals surface area contributed by atoms with Gasteiger partial charge in [-0.1, -0.05) is 18.2 Å². The van der Waals surface area contributed by atoms with Gasteiger partial charge in [0, 0.05) is 17.1 Å². The molecule has 0 bridgehead atoms. The number of carboxylic acids is 1. The van der Waals surface area contributed by atoms with Crippen molar-refractivity contribution in [3.05, 3.63) is 36.0 Å². The number of hydrogen-bond donors (Lipinski definition) is 8. The van der Waals surface area contributed by atoms with Crippen LogP contribution >= 0.6 is 0 Å². The molecule has 0 saturated carbocycles. The highest BCUT2D eigenvalue weighted by Crippen LogP contribution is 2.18. The molecule has 2 rings (SSSR count). The summed E-state index contributed by atoms with van der Waals surface area (Å²) >= 11 is 0. The Bertz CT molecular complexity index is 993. The van der Waals surface area contributed by atoms with E-state index in [9.17, 15) is 19.2 Å². The first-order valence-electron chi connectivity index (χ1n) is 11.0. The number of carbonyl (C=O) groups is 4. The van der Waals surface area contributed by atoms with Crippen LogP contribution < -0.4 is 27.4 Å². The van der Waals surface area contributed by atoms with Crippen LogP contribution in [-0.2, 0) is 25.6 Å². The Labute approximate surface area is 196 Å². The molecule has 3 unspecified atom stereocenters. The topological polar surface area (TPSA) is 213 Å². The summed E-state index contributed by atoms with van der Waals surface area (Å²) in [5.74, 6) is -3.33. The summed E-state index contributed by atoms with van der Waals surface area (Å²) in [6.45, 7) is -0.820. The van der Waals surface area contributed by atoms with Crippen LogP contribution in [0.15, 0.2) is 30.5 Å². The van der Waals surface area contributed by atoms with Crippen molar-refractivity contribution in [2.24, 2.45) is 11.5 Å². The minimum Gasteiger partial charge on any atom is -0.480 e. The van der Waals surface area contributed by atoms with E-state index in [-0.39, 0.29) is 12.8 Å². The van der Waals surface area contributed by atoms with Crippen molar-refractivity contribution in [3.8, 4) is 0 Å². The molecule has 34 heavy (non-hydrogen) atoms. The Morgan fingerprint density at radius 3 is 2.44 bits per heavy atom. The third-order valence-corrected chi connectivity index (χ3v) is 5.27. The summed E-state index contributed by atoms with van der Waals surface area (Å²) in [4.78, 5) is 51.3. The maximum atomic E-state index is 12.4. The molecule has 12 nitrogen and oxygen atoms in total. The Morgan fingerprint density at radius 1 is 1.03 bits per heavy atom. The summed E-state index contributed by atoms with van der Waals surface area (Å²) < 4.78 is 0. The maximum absolute atomic E-state index is 12.4. The highest BCUT2D eigenvalue weighted by Gasteiger charge is 2.26. The number of aromatic nitrogens is 1. The molecule has 0 radical (unpaired) electrons. The van der Waals surface area contributed by atoms with Gasteiger partial charge in [-0.25, -0.2) is 4.79 Å². The van der Waals surface area contributed by atoms with Gasteiger partial charge in [0.2, 0.25) is 17.7 Å². The van der Waals surface area contributed by atoms with Gasteiger partial charge in [0.25, 0.3) is 0 Å².